The van der Waals surface area contributed by atoms with E-state index in [0.29, 0.717) is 11.1 Å². The van der Waals surface area contributed by atoms with Crippen LogP contribution in [0.1, 0.15) is 88.9 Å². The molecule has 0 heterocycles. The Bertz CT molecular complexity index is 581. The van der Waals surface area contributed by atoms with E-state index in [1.165, 1.54) is 0 Å². The minimum atomic E-state index is -0.510. The lowest BCUT2D eigenvalue weighted by Gasteiger charge is -2.29. The van der Waals surface area contributed by atoms with Crippen LogP contribution in [-0.2, 0) is 4.74 Å². The molecule has 0 N–H and O–H groups in total. The summed E-state index contributed by atoms with van der Waals surface area (Å²) in [4.78, 5) is 24.6. The van der Waals surface area contributed by atoms with Crippen molar-refractivity contribution in [3.05, 3.63) is 35.4 Å². The van der Waals surface area contributed by atoms with Crippen LogP contribution >= 0.6 is 0 Å². The number of Topliss-reactive ketones (excluding diaryl/α,β-unsaturated/α-hetero) is 1. The Morgan fingerprint density at radius 2 is 1.25 bits per heavy atom. The Labute approximate surface area is 146 Å². The van der Waals surface area contributed by atoms with E-state index in [0.717, 1.165) is 12.8 Å². The molecule has 3 nitrogen and oxygen atoms in total. The van der Waals surface area contributed by atoms with Gasteiger partial charge >= 0.3 is 5.97 Å². The van der Waals surface area contributed by atoms with Crippen molar-refractivity contribution >= 4 is 11.8 Å². The fourth-order valence-corrected chi connectivity index (χ4v) is 2.23. The number of carbonyl (C=O) groups excluding carboxylic acids is 2. The number of hydrogen-bond acceptors (Lipinski definition) is 3. The Kier molecular flexibility index (Phi) is 6.02. The molecular weight excluding hydrogens is 300 g/mol. The predicted molar refractivity (Wildman–Crippen MR) is 98.4 cm³/mol. The normalized spacial score (nSPS) is 12.8. The maximum Gasteiger partial charge on any atom is 0.338 e. The average molecular weight is 332 g/mol. The van der Waals surface area contributed by atoms with Crippen molar-refractivity contribution in [1.82, 2.24) is 0 Å². The maximum atomic E-state index is 12.4. The zero-order chi connectivity index (χ0) is 18.8. The summed E-state index contributed by atoms with van der Waals surface area (Å²) in [5.74, 6) is -0.281. The smallest absolute Gasteiger partial charge is 0.338 e. The molecule has 0 amide bonds. The summed E-state index contributed by atoms with van der Waals surface area (Å²) in [5.41, 5.74) is 0.357. The lowest BCUT2D eigenvalue weighted by molar-refractivity contribution is -0.00879. The molecule has 0 unspecified atom stereocenters. The summed E-state index contributed by atoms with van der Waals surface area (Å²) in [7, 11) is 0. The third kappa shape index (κ3) is 6.46. The van der Waals surface area contributed by atoms with Crippen molar-refractivity contribution in [3.63, 3.8) is 0 Å². The van der Waals surface area contributed by atoms with E-state index in [1.807, 2.05) is 34.6 Å². The fourth-order valence-electron chi connectivity index (χ4n) is 2.23. The molecule has 0 aliphatic rings. The fraction of sp³-hybridized carbons (Fsp3) is 0.619. The first-order valence-corrected chi connectivity index (χ1v) is 8.59. The van der Waals surface area contributed by atoms with Gasteiger partial charge in [0.05, 0.1) is 5.56 Å². The number of rotatable bonds is 5. The molecule has 3 heteroatoms. The lowest BCUT2D eigenvalue weighted by Crippen LogP contribution is -2.29. The van der Waals surface area contributed by atoms with Gasteiger partial charge in [0, 0.05) is 11.0 Å². The van der Waals surface area contributed by atoms with Crippen molar-refractivity contribution in [2.75, 3.05) is 0 Å². The van der Waals surface area contributed by atoms with E-state index in [2.05, 4.69) is 20.8 Å². The Morgan fingerprint density at radius 1 is 0.792 bits per heavy atom. The largest absolute Gasteiger partial charge is 0.456 e. The summed E-state index contributed by atoms with van der Waals surface area (Å²) in [6.07, 6.45) is 1.79. The van der Waals surface area contributed by atoms with Crippen molar-refractivity contribution in [2.24, 2.45) is 10.8 Å². The predicted octanol–water partition coefficient (Wildman–Crippen LogP) is 5.68. The molecule has 0 aromatic heterocycles. The molecule has 1 aromatic carbocycles. The first-order chi connectivity index (χ1) is 10.7. The second kappa shape index (κ2) is 7.08. The molecule has 0 spiro atoms. The van der Waals surface area contributed by atoms with Gasteiger partial charge in [0.2, 0.25) is 0 Å². The summed E-state index contributed by atoms with van der Waals surface area (Å²) >= 11 is 0. The Morgan fingerprint density at radius 3 is 1.67 bits per heavy atom. The summed E-state index contributed by atoms with van der Waals surface area (Å²) in [6, 6.07) is 6.74. The zero-order valence-electron chi connectivity index (χ0n) is 16.4. The molecular formula is C21H32O3. The molecule has 0 saturated heterocycles. The maximum absolute atomic E-state index is 12.4. The van der Waals surface area contributed by atoms with Gasteiger partial charge in [0.25, 0.3) is 0 Å². The highest BCUT2D eigenvalue weighted by Gasteiger charge is 2.27. The van der Waals surface area contributed by atoms with Crippen LogP contribution in [0.4, 0.5) is 0 Å². The molecule has 134 valence electrons. The van der Waals surface area contributed by atoms with Gasteiger partial charge in [0.1, 0.15) is 5.60 Å². The summed E-state index contributed by atoms with van der Waals surface area (Å²) < 4.78 is 5.66. The first-order valence-electron chi connectivity index (χ1n) is 8.59. The highest BCUT2D eigenvalue weighted by molar-refractivity contribution is 6.00. The SMILES string of the molecule is CC(C)(C)CCC(C)(C)OC(=O)c1ccc(C(=O)C(C)(C)C)cc1. The number of carbonyl (C=O) groups is 2. The van der Waals surface area contributed by atoms with Crippen LogP contribution in [0.15, 0.2) is 24.3 Å². The number of hydrogen-bond donors (Lipinski definition) is 0. The quantitative estimate of drug-likeness (QED) is 0.515. The lowest BCUT2D eigenvalue weighted by atomic mass is 9.86. The molecule has 24 heavy (non-hydrogen) atoms. The minimum absolute atomic E-state index is 0.0629. The van der Waals surface area contributed by atoms with Gasteiger partial charge in [0.15, 0.2) is 5.78 Å². The molecule has 0 atom stereocenters. The van der Waals surface area contributed by atoms with Crippen LogP contribution in [0.5, 0.6) is 0 Å². The highest BCUT2D eigenvalue weighted by atomic mass is 16.6. The molecule has 1 aromatic rings. The third-order valence-electron chi connectivity index (χ3n) is 3.91. The Hall–Kier alpha value is -1.64. The second-order valence-corrected chi connectivity index (χ2v) is 9.37. The monoisotopic (exact) mass is 332 g/mol. The Balaban J connectivity index is 2.77. The van der Waals surface area contributed by atoms with Gasteiger partial charge < -0.3 is 4.74 Å². The van der Waals surface area contributed by atoms with Crippen LogP contribution in [-0.4, -0.2) is 17.4 Å². The molecule has 0 saturated carbocycles. The molecule has 0 radical (unpaired) electrons. The van der Waals surface area contributed by atoms with Gasteiger partial charge in [-0.2, -0.15) is 0 Å². The van der Waals surface area contributed by atoms with Crippen molar-refractivity contribution in [1.29, 1.82) is 0 Å². The number of ketones is 1. The second-order valence-electron chi connectivity index (χ2n) is 9.37. The highest BCUT2D eigenvalue weighted by Crippen LogP contribution is 2.28. The van der Waals surface area contributed by atoms with E-state index in [9.17, 15) is 9.59 Å². The summed E-state index contributed by atoms with van der Waals surface area (Å²) in [5, 5.41) is 0. The average Bonchev–Trinajstić information content (AvgIpc) is 2.42. The molecule has 1 rings (SSSR count). The van der Waals surface area contributed by atoms with Gasteiger partial charge in [-0.25, -0.2) is 4.79 Å². The van der Waals surface area contributed by atoms with Crippen LogP contribution in [0.25, 0.3) is 0 Å². The van der Waals surface area contributed by atoms with Gasteiger partial charge in [-0.05, 0) is 44.2 Å². The molecule has 0 bridgehead atoms. The van der Waals surface area contributed by atoms with Gasteiger partial charge in [-0.15, -0.1) is 0 Å². The third-order valence-corrected chi connectivity index (χ3v) is 3.91. The molecule has 0 aliphatic carbocycles. The van der Waals surface area contributed by atoms with Crippen molar-refractivity contribution in [2.45, 2.75) is 73.8 Å². The molecule has 0 fully saturated rings. The van der Waals surface area contributed by atoms with Crippen LogP contribution in [0.3, 0.4) is 0 Å². The molecule has 0 aliphatic heterocycles. The van der Waals surface area contributed by atoms with Crippen LogP contribution in [0.2, 0.25) is 0 Å². The first kappa shape index (κ1) is 20.4. The van der Waals surface area contributed by atoms with E-state index in [1.54, 1.807) is 24.3 Å². The van der Waals surface area contributed by atoms with E-state index >= 15 is 0 Å². The number of esters is 1. The standard InChI is InChI=1S/C21H32O3/c1-19(2,3)13-14-21(7,8)24-18(23)16-11-9-15(10-12-16)17(22)20(4,5)6/h9-12H,13-14H2,1-8H3. The summed E-state index contributed by atoms with van der Waals surface area (Å²) in [6.45, 7) is 16.1. The van der Waals surface area contributed by atoms with Crippen molar-refractivity contribution < 1.29 is 14.3 Å². The minimum Gasteiger partial charge on any atom is -0.456 e. The van der Waals surface area contributed by atoms with E-state index < -0.39 is 11.0 Å². The van der Waals surface area contributed by atoms with Crippen molar-refractivity contribution in [3.8, 4) is 0 Å². The van der Waals surface area contributed by atoms with Crippen LogP contribution in [0, 0.1) is 10.8 Å². The topological polar surface area (TPSA) is 43.4 Å². The van der Waals surface area contributed by atoms with Crippen LogP contribution < -0.4 is 0 Å². The van der Waals surface area contributed by atoms with Gasteiger partial charge in [-0.3, -0.25) is 4.79 Å². The number of ether oxygens (including phenoxy) is 1. The van der Waals surface area contributed by atoms with E-state index in [4.69, 9.17) is 4.74 Å². The van der Waals surface area contributed by atoms with E-state index in [-0.39, 0.29) is 17.2 Å². The zero-order valence-corrected chi connectivity index (χ0v) is 16.4. The number of benzene rings is 1. The van der Waals surface area contributed by atoms with Gasteiger partial charge in [-0.1, -0.05) is 53.7 Å².